The number of hydrogen-bond donors (Lipinski definition) is 1. The zero-order valence-corrected chi connectivity index (χ0v) is 13.1. The Balaban J connectivity index is 1.60. The first-order valence-electron chi connectivity index (χ1n) is 8.16. The second-order valence-corrected chi connectivity index (χ2v) is 6.24. The zero-order valence-electron chi connectivity index (χ0n) is 13.1. The highest BCUT2D eigenvalue weighted by atomic mass is 16.3. The molecule has 2 aromatic rings. The second kappa shape index (κ2) is 6.82. The summed E-state index contributed by atoms with van der Waals surface area (Å²) in [5.74, 6) is 1.17. The van der Waals surface area contributed by atoms with E-state index in [-0.39, 0.29) is 5.91 Å². The van der Waals surface area contributed by atoms with E-state index < -0.39 is 0 Å². The van der Waals surface area contributed by atoms with Crippen LogP contribution in [0, 0.1) is 6.92 Å². The van der Waals surface area contributed by atoms with Gasteiger partial charge in [0, 0.05) is 12.5 Å². The second-order valence-electron chi connectivity index (χ2n) is 6.24. The molecule has 0 atom stereocenters. The van der Waals surface area contributed by atoms with Gasteiger partial charge in [0.05, 0.1) is 0 Å². The molecule has 1 heterocycles. The molecule has 1 fully saturated rings. The molecule has 22 heavy (non-hydrogen) atoms. The number of nitrogens with one attached hydrogen (secondary N) is 1. The number of hydrogen-bond acceptors (Lipinski definition) is 2. The summed E-state index contributed by atoms with van der Waals surface area (Å²) in [5.41, 5.74) is 2.44. The molecule has 1 aliphatic rings. The van der Waals surface area contributed by atoms with E-state index >= 15 is 0 Å². The van der Waals surface area contributed by atoms with Crippen LogP contribution in [0.25, 0.3) is 0 Å². The minimum atomic E-state index is -0.0814. The Bertz CT molecular complexity index is 621. The predicted molar refractivity (Wildman–Crippen MR) is 87.0 cm³/mol. The van der Waals surface area contributed by atoms with E-state index in [4.69, 9.17) is 4.42 Å². The lowest BCUT2D eigenvalue weighted by molar-refractivity contribution is 0.0898. The van der Waals surface area contributed by atoms with Crippen molar-refractivity contribution in [1.82, 2.24) is 5.32 Å². The van der Waals surface area contributed by atoms with Gasteiger partial charge in [0.1, 0.15) is 5.76 Å². The number of carbonyl (C=O) groups excluding carboxylic acids is 1. The lowest BCUT2D eigenvalue weighted by Gasteiger charge is -2.22. The quantitative estimate of drug-likeness (QED) is 0.917. The van der Waals surface area contributed by atoms with Crippen molar-refractivity contribution < 1.29 is 9.21 Å². The van der Waals surface area contributed by atoms with E-state index in [0.717, 1.165) is 25.0 Å². The normalized spacial score (nSPS) is 15.7. The standard InChI is InChI=1S/C19H23NO2/c1-14-7-9-15(10-8-14)13-17-11-12-18(22-17)19(21)20-16-5-3-2-4-6-16/h7-12,16H,2-6,13H2,1H3,(H,20,21). The third-order valence-corrected chi connectivity index (χ3v) is 4.32. The van der Waals surface area contributed by atoms with Crippen LogP contribution >= 0.6 is 0 Å². The van der Waals surface area contributed by atoms with Crippen LogP contribution < -0.4 is 5.32 Å². The van der Waals surface area contributed by atoms with Crippen LogP contribution in [-0.4, -0.2) is 11.9 Å². The summed E-state index contributed by atoms with van der Waals surface area (Å²) < 4.78 is 5.71. The van der Waals surface area contributed by atoms with Gasteiger partial charge in [-0.3, -0.25) is 4.79 Å². The molecule has 3 rings (SSSR count). The molecule has 1 aliphatic carbocycles. The molecule has 0 bridgehead atoms. The first-order chi connectivity index (χ1) is 10.7. The Morgan fingerprint density at radius 2 is 1.82 bits per heavy atom. The molecule has 0 unspecified atom stereocenters. The van der Waals surface area contributed by atoms with Crippen molar-refractivity contribution in [1.29, 1.82) is 0 Å². The molecule has 1 amide bonds. The van der Waals surface area contributed by atoms with Crippen LogP contribution in [0.1, 0.15) is 59.5 Å². The predicted octanol–water partition coefficient (Wildman–Crippen LogP) is 4.24. The van der Waals surface area contributed by atoms with Crippen molar-refractivity contribution in [2.45, 2.75) is 51.5 Å². The summed E-state index contributed by atoms with van der Waals surface area (Å²) in [5, 5.41) is 3.09. The van der Waals surface area contributed by atoms with Crippen LogP contribution in [0.15, 0.2) is 40.8 Å². The maximum Gasteiger partial charge on any atom is 0.287 e. The third-order valence-electron chi connectivity index (χ3n) is 4.32. The molecule has 1 aromatic heterocycles. The molecular weight excluding hydrogens is 274 g/mol. The molecule has 0 spiro atoms. The Hall–Kier alpha value is -2.03. The maximum atomic E-state index is 12.2. The molecule has 1 aromatic carbocycles. The fourth-order valence-electron chi connectivity index (χ4n) is 3.01. The van der Waals surface area contributed by atoms with Crippen LogP contribution in [0.2, 0.25) is 0 Å². The molecule has 1 N–H and O–H groups in total. The maximum absolute atomic E-state index is 12.2. The first-order valence-corrected chi connectivity index (χ1v) is 8.16. The molecule has 116 valence electrons. The van der Waals surface area contributed by atoms with Gasteiger partial charge in [-0.15, -0.1) is 0 Å². The largest absolute Gasteiger partial charge is 0.456 e. The van der Waals surface area contributed by atoms with Gasteiger partial charge in [-0.1, -0.05) is 49.1 Å². The topological polar surface area (TPSA) is 42.2 Å². The fourth-order valence-corrected chi connectivity index (χ4v) is 3.01. The van der Waals surface area contributed by atoms with Gasteiger partial charge in [-0.05, 0) is 37.5 Å². The summed E-state index contributed by atoms with van der Waals surface area (Å²) in [6.07, 6.45) is 6.60. The van der Waals surface area contributed by atoms with Gasteiger partial charge >= 0.3 is 0 Å². The molecule has 3 nitrogen and oxygen atoms in total. The van der Waals surface area contributed by atoms with E-state index in [2.05, 4.69) is 36.5 Å². The number of benzene rings is 1. The summed E-state index contributed by atoms with van der Waals surface area (Å²) in [7, 11) is 0. The first kappa shape index (κ1) is 14.9. The highest BCUT2D eigenvalue weighted by Crippen LogP contribution is 2.19. The van der Waals surface area contributed by atoms with Gasteiger partial charge in [0.25, 0.3) is 5.91 Å². The number of furan rings is 1. The minimum absolute atomic E-state index is 0.0814. The van der Waals surface area contributed by atoms with Crippen molar-refractivity contribution >= 4 is 5.91 Å². The smallest absolute Gasteiger partial charge is 0.287 e. The van der Waals surface area contributed by atoms with Crippen LogP contribution in [0.5, 0.6) is 0 Å². The lowest BCUT2D eigenvalue weighted by Crippen LogP contribution is -2.35. The van der Waals surface area contributed by atoms with E-state index in [1.54, 1.807) is 6.07 Å². The third kappa shape index (κ3) is 3.79. The Labute approximate surface area is 131 Å². The molecule has 0 saturated heterocycles. The van der Waals surface area contributed by atoms with Gasteiger partial charge in [0.2, 0.25) is 0 Å². The number of rotatable bonds is 4. The summed E-state index contributed by atoms with van der Waals surface area (Å²) in [4.78, 5) is 12.2. The SMILES string of the molecule is Cc1ccc(Cc2ccc(C(=O)NC3CCCCC3)o2)cc1. The Morgan fingerprint density at radius 3 is 2.55 bits per heavy atom. The van der Waals surface area contributed by atoms with Crippen LogP contribution in [0.3, 0.4) is 0 Å². The van der Waals surface area contributed by atoms with Gasteiger partial charge in [-0.2, -0.15) is 0 Å². The lowest BCUT2D eigenvalue weighted by atomic mass is 9.95. The summed E-state index contributed by atoms with van der Waals surface area (Å²) in [6.45, 7) is 2.07. The van der Waals surface area contributed by atoms with E-state index in [9.17, 15) is 4.79 Å². The van der Waals surface area contributed by atoms with Gasteiger partial charge < -0.3 is 9.73 Å². The monoisotopic (exact) mass is 297 g/mol. The van der Waals surface area contributed by atoms with Crippen LogP contribution in [0.4, 0.5) is 0 Å². The van der Waals surface area contributed by atoms with E-state index in [0.29, 0.717) is 11.8 Å². The average Bonchev–Trinajstić information content (AvgIpc) is 2.99. The number of carbonyl (C=O) groups is 1. The van der Waals surface area contributed by atoms with Gasteiger partial charge in [0.15, 0.2) is 5.76 Å². The number of amides is 1. The summed E-state index contributed by atoms with van der Waals surface area (Å²) in [6, 6.07) is 12.4. The minimum Gasteiger partial charge on any atom is -0.456 e. The molecule has 0 aliphatic heterocycles. The average molecular weight is 297 g/mol. The molecular formula is C19H23NO2. The van der Waals surface area contributed by atoms with Crippen molar-refractivity contribution in [2.75, 3.05) is 0 Å². The van der Waals surface area contributed by atoms with E-state index in [1.807, 2.05) is 6.07 Å². The van der Waals surface area contributed by atoms with E-state index in [1.165, 1.54) is 30.4 Å². The Morgan fingerprint density at radius 1 is 1.09 bits per heavy atom. The van der Waals surface area contributed by atoms with Gasteiger partial charge in [-0.25, -0.2) is 0 Å². The molecule has 0 radical (unpaired) electrons. The Kier molecular flexibility index (Phi) is 4.62. The summed E-state index contributed by atoms with van der Waals surface area (Å²) >= 11 is 0. The highest BCUT2D eigenvalue weighted by molar-refractivity contribution is 5.91. The van der Waals surface area contributed by atoms with Crippen molar-refractivity contribution in [3.63, 3.8) is 0 Å². The fraction of sp³-hybridized carbons (Fsp3) is 0.421. The zero-order chi connectivity index (χ0) is 15.4. The van der Waals surface area contributed by atoms with Crippen molar-refractivity contribution in [3.05, 3.63) is 59.0 Å². The highest BCUT2D eigenvalue weighted by Gasteiger charge is 2.18. The van der Waals surface area contributed by atoms with Crippen molar-refractivity contribution in [2.24, 2.45) is 0 Å². The molecule has 3 heteroatoms. The molecule has 1 saturated carbocycles. The van der Waals surface area contributed by atoms with Crippen molar-refractivity contribution in [3.8, 4) is 0 Å². The van der Waals surface area contributed by atoms with Crippen LogP contribution in [-0.2, 0) is 6.42 Å². The number of aryl methyl sites for hydroxylation is 1.